The molecule has 104 valence electrons. The van der Waals surface area contributed by atoms with E-state index in [0.717, 1.165) is 18.6 Å². The maximum absolute atomic E-state index is 12.1. The van der Waals surface area contributed by atoms with E-state index in [1.165, 1.54) is 0 Å². The van der Waals surface area contributed by atoms with Crippen molar-refractivity contribution in [3.8, 4) is 5.75 Å². The number of benzene rings is 1. The molecule has 0 radical (unpaired) electrons. The van der Waals surface area contributed by atoms with Crippen LogP contribution in [0.4, 0.5) is 0 Å². The van der Waals surface area contributed by atoms with Crippen LogP contribution in [0.15, 0.2) is 24.3 Å². The predicted molar refractivity (Wildman–Crippen MR) is 73.4 cm³/mol. The van der Waals surface area contributed by atoms with Gasteiger partial charge in [-0.05, 0) is 37.6 Å². The topological polar surface area (TPSA) is 49.8 Å². The summed E-state index contributed by atoms with van der Waals surface area (Å²) in [5.41, 5.74) is -0.0860. The predicted octanol–water partition coefficient (Wildman–Crippen LogP) is 2.07. The lowest BCUT2D eigenvalue weighted by atomic mass is 9.96. The molecule has 0 bridgehead atoms. The highest BCUT2D eigenvalue weighted by Gasteiger charge is 2.39. The van der Waals surface area contributed by atoms with Crippen molar-refractivity contribution in [1.29, 1.82) is 0 Å². The first-order valence-electron chi connectivity index (χ1n) is 6.76. The van der Waals surface area contributed by atoms with Crippen molar-refractivity contribution in [3.05, 3.63) is 29.8 Å². The fourth-order valence-corrected chi connectivity index (χ4v) is 2.13. The first-order valence-corrected chi connectivity index (χ1v) is 6.76. The number of carbonyl (C=O) groups is 1. The van der Waals surface area contributed by atoms with Crippen LogP contribution in [-0.2, 0) is 0 Å². The fourth-order valence-electron chi connectivity index (χ4n) is 2.13. The van der Waals surface area contributed by atoms with Crippen LogP contribution < -0.4 is 4.74 Å². The number of β-amino-alcohol motifs (C(OH)–C–C–N with tert-alkyl or cyclic N) is 1. The summed E-state index contributed by atoms with van der Waals surface area (Å²) in [4.78, 5) is 13.7. The van der Waals surface area contributed by atoms with Gasteiger partial charge in [-0.3, -0.25) is 4.79 Å². The van der Waals surface area contributed by atoms with E-state index in [1.54, 1.807) is 24.0 Å². The summed E-state index contributed by atoms with van der Waals surface area (Å²) in [7, 11) is 0. The number of unbranched alkanes of at least 4 members (excludes halogenated alkanes) is 1. The van der Waals surface area contributed by atoms with Gasteiger partial charge in [0.05, 0.1) is 25.3 Å². The van der Waals surface area contributed by atoms with E-state index in [-0.39, 0.29) is 5.91 Å². The summed E-state index contributed by atoms with van der Waals surface area (Å²) in [6, 6.07) is 7.19. The van der Waals surface area contributed by atoms with Crippen molar-refractivity contribution in [2.75, 3.05) is 19.7 Å². The number of aliphatic hydroxyl groups is 1. The van der Waals surface area contributed by atoms with Gasteiger partial charge < -0.3 is 14.7 Å². The van der Waals surface area contributed by atoms with Gasteiger partial charge in [0.15, 0.2) is 0 Å². The summed E-state index contributed by atoms with van der Waals surface area (Å²) in [5.74, 6) is 0.757. The van der Waals surface area contributed by atoms with Gasteiger partial charge in [0.2, 0.25) is 0 Å². The minimum Gasteiger partial charge on any atom is -0.494 e. The molecule has 1 aromatic rings. The number of nitrogens with zero attached hydrogens (tertiary/aromatic N) is 1. The summed E-state index contributed by atoms with van der Waals surface area (Å²) in [6.07, 6.45) is 2.13. The van der Waals surface area contributed by atoms with Crippen LogP contribution in [0.5, 0.6) is 5.75 Å². The summed E-state index contributed by atoms with van der Waals surface area (Å²) in [6.45, 7) is 5.37. The Labute approximate surface area is 114 Å². The monoisotopic (exact) mass is 263 g/mol. The van der Waals surface area contributed by atoms with E-state index in [0.29, 0.717) is 25.3 Å². The number of amides is 1. The Hall–Kier alpha value is -1.55. The number of likely N-dealkylation sites (tertiary alicyclic amines) is 1. The van der Waals surface area contributed by atoms with Crippen LogP contribution in [0.25, 0.3) is 0 Å². The summed E-state index contributed by atoms with van der Waals surface area (Å²) < 4.78 is 5.55. The molecule has 1 aromatic carbocycles. The van der Waals surface area contributed by atoms with Gasteiger partial charge in [0.1, 0.15) is 5.75 Å². The Kier molecular flexibility index (Phi) is 4.10. The molecule has 4 heteroatoms. The second kappa shape index (κ2) is 5.61. The lowest BCUT2D eigenvalue weighted by Gasteiger charge is -2.44. The van der Waals surface area contributed by atoms with Crippen LogP contribution >= 0.6 is 0 Å². The third-order valence-corrected chi connectivity index (χ3v) is 3.22. The maximum Gasteiger partial charge on any atom is 0.254 e. The molecular weight excluding hydrogens is 242 g/mol. The zero-order valence-electron chi connectivity index (χ0n) is 11.6. The second-order valence-electron chi connectivity index (χ2n) is 5.38. The number of hydrogen-bond donors (Lipinski definition) is 1. The molecule has 1 heterocycles. The van der Waals surface area contributed by atoms with Crippen LogP contribution in [0.3, 0.4) is 0 Å². The average Bonchev–Trinajstić information content (AvgIpc) is 2.36. The summed E-state index contributed by atoms with van der Waals surface area (Å²) in [5, 5.41) is 9.63. The molecule has 0 unspecified atom stereocenters. The molecule has 1 aliphatic rings. The van der Waals surface area contributed by atoms with Crippen LogP contribution in [0.1, 0.15) is 37.0 Å². The molecule has 1 saturated heterocycles. The molecule has 1 aliphatic heterocycles. The molecule has 2 rings (SSSR count). The van der Waals surface area contributed by atoms with Gasteiger partial charge in [0, 0.05) is 5.56 Å². The van der Waals surface area contributed by atoms with Crippen molar-refractivity contribution in [2.45, 2.75) is 32.3 Å². The number of carbonyl (C=O) groups excluding carboxylic acids is 1. The standard InChI is InChI=1S/C15H21NO3/c1-3-4-9-19-13-7-5-12(6-8-13)14(17)16-10-15(2,18)11-16/h5-8,18H,3-4,9-11H2,1-2H3. The van der Waals surface area contributed by atoms with E-state index in [9.17, 15) is 9.90 Å². The van der Waals surface area contributed by atoms with Gasteiger partial charge in [0.25, 0.3) is 5.91 Å². The molecule has 0 saturated carbocycles. The fraction of sp³-hybridized carbons (Fsp3) is 0.533. The molecule has 1 amide bonds. The second-order valence-corrected chi connectivity index (χ2v) is 5.38. The molecule has 0 atom stereocenters. The van der Waals surface area contributed by atoms with E-state index < -0.39 is 5.60 Å². The Morgan fingerprint density at radius 3 is 2.53 bits per heavy atom. The molecule has 0 aromatic heterocycles. The lowest BCUT2D eigenvalue weighted by Crippen LogP contribution is -2.61. The molecule has 4 nitrogen and oxygen atoms in total. The van der Waals surface area contributed by atoms with Crippen molar-refractivity contribution < 1.29 is 14.6 Å². The van der Waals surface area contributed by atoms with Crippen molar-refractivity contribution in [1.82, 2.24) is 4.90 Å². The Balaban J connectivity index is 1.89. The minimum atomic E-state index is -0.723. The SMILES string of the molecule is CCCCOc1ccc(C(=O)N2CC(C)(O)C2)cc1. The van der Waals surface area contributed by atoms with Gasteiger partial charge in [-0.25, -0.2) is 0 Å². The molecule has 0 aliphatic carbocycles. The largest absolute Gasteiger partial charge is 0.494 e. The quantitative estimate of drug-likeness (QED) is 0.827. The summed E-state index contributed by atoms with van der Waals surface area (Å²) >= 11 is 0. The van der Waals surface area contributed by atoms with Crippen molar-refractivity contribution >= 4 is 5.91 Å². The van der Waals surface area contributed by atoms with Gasteiger partial charge in [-0.1, -0.05) is 13.3 Å². The van der Waals surface area contributed by atoms with E-state index in [2.05, 4.69) is 6.92 Å². The Morgan fingerprint density at radius 1 is 1.37 bits per heavy atom. The van der Waals surface area contributed by atoms with Gasteiger partial charge in [-0.15, -0.1) is 0 Å². The first kappa shape index (κ1) is 13.9. The van der Waals surface area contributed by atoms with Crippen molar-refractivity contribution in [2.24, 2.45) is 0 Å². The highest BCUT2D eigenvalue weighted by atomic mass is 16.5. The molecule has 0 spiro atoms. The average molecular weight is 263 g/mol. The van der Waals surface area contributed by atoms with Gasteiger partial charge in [-0.2, -0.15) is 0 Å². The number of ether oxygens (including phenoxy) is 1. The maximum atomic E-state index is 12.1. The Bertz CT molecular complexity index is 431. The third kappa shape index (κ3) is 3.47. The van der Waals surface area contributed by atoms with E-state index in [1.807, 2.05) is 12.1 Å². The number of hydrogen-bond acceptors (Lipinski definition) is 3. The zero-order valence-corrected chi connectivity index (χ0v) is 11.6. The van der Waals surface area contributed by atoms with Gasteiger partial charge >= 0.3 is 0 Å². The van der Waals surface area contributed by atoms with Crippen molar-refractivity contribution in [3.63, 3.8) is 0 Å². The Morgan fingerprint density at radius 2 is 2.00 bits per heavy atom. The smallest absolute Gasteiger partial charge is 0.254 e. The van der Waals surface area contributed by atoms with Crippen LogP contribution in [-0.4, -0.2) is 41.2 Å². The highest BCUT2D eigenvalue weighted by molar-refractivity contribution is 5.95. The molecule has 1 N–H and O–H groups in total. The molecular formula is C15H21NO3. The zero-order chi connectivity index (χ0) is 13.9. The van der Waals surface area contributed by atoms with E-state index >= 15 is 0 Å². The first-order chi connectivity index (χ1) is 9.02. The lowest BCUT2D eigenvalue weighted by molar-refractivity contribution is -0.0668. The van der Waals surface area contributed by atoms with Crippen LogP contribution in [0, 0.1) is 0 Å². The molecule has 19 heavy (non-hydrogen) atoms. The highest BCUT2D eigenvalue weighted by Crippen LogP contribution is 2.23. The third-order valence-electron chi connectivity index (χ3n) is 3.22. The van der Waals surface area contributed by atoms with E-state index in [4.69, 9.17) is 4.74 Å². The van der Waals surface area contributed by atoms with Crippen LogP contribution in [0.2, 0.25) is 0 Å². The number of rotatable bonds is 5. The normalized spacial score (nSPS) is 16.9. The minimum absolute atomic E-state index is 0.0355. The molecule has 1 fully saturated rings.